The molecular weight excluding hydrogens is 391 g/mol. The molecule has 0 saturated carbocycles. The number of aromatic nitrogens is 1. The highest BCUT2D eigenvalue weighted by Gasteiger charge is 2.49. The van der Waals surface area contributed by atoms with E-state index in [-0.39, 0.29) is 25.0 Å². The molecule has 2 unspecified atom stereocenters. The molecule has 1 heterocycles. The van der Waals surface area contributed by atoms with Gasteiger partial charge in [0.1, 0.15) is 11.5 Å². The quantitative estimate of drug-likeness (QED) is 0.295. The van der Waals surface area contributed by atoms with Crippen LogP contribution in [0, 0.1) is 5.92 Å². The molecule has 150 valence electrons. The van der Waals surface area contributed by atoms with Crippen LogP contribution in [-0.2, 0) is 23.8 Å². The molecule has 0 N–H and O–H groups in total. The van der Waals surface area contributed by atoms with Crippen molar-refractivity contribution in [3.8, 4) is 5.75 Å². The van der Waals surface area contributed by atoms with E-state index in [2.05, 4.69) is 9.17 Å². The molecule has 1 aromatic rings. The summed E-state index contributed by atoms with van der Waals surface area (Å²) in [6.07, 6.45) is 3.69. The maximum absolute atomic E-state index is 12.3. The minimum Gasteiger partial charge on any atom is -0.453 e. The van der Waals surface area contributed by atoms with E-state index in [1.165, 1.54) is 6.20 Å². The lowest BCUT2D eigenvalue weighted by Crippen LogP contribution is -2.30. The van der Waals surface area contributed by atoms with Gasteiger partial charge in [0, 0.05) is 19.0 Å². The maximum Gasteiger partial charge on any atom is 0.534 e. The van der Waals surface area contributed by atoms with Crippen LogP contribution in [0.2, 0.25) is 0 Å². The van der Waals surface area contributed by atoms with Crippen LogP contribution >= 0.6 is 0 Å². The molecular formula is C16H18F3NO6S. The first-order valence-electron chi connectivity index (χ1n) is 8.09. The molecule has 0 bridgehead atoms. The largest absolute Gasteiger partial charge is 0.534 e. The van der Waals surface area contributed by atoms with E-state index in [1.807, 2.05) is 0 Å². The van der Waals surface area contributed by atoms with E-state index >= 15 is 0 Å². The van der Waals surface area contributed by atoms with Gasteiger partial charge in [-0.25, -0.2) is 0 Å². The van der Waals surface area contributed by atoms with E-state index in [1.54, 1.807) is 25.3 Å². The van der Waals surface area contributed by atoms with Gasteiger partial charge in [-0.15, -0.1) is 0 Å². The van der Waals surface area contributed by atoms with Crippen molar-refractivity contribution in [1.29, 1.82) is 0 Å². The molecule has 0 amide bonds. The van der Waals surface area contributed by atoms with Crippen molar-refractivity contribution in [2.75, 3.05) is 0 Å². The van der Waals surface area contributed by atoms with Gasteiger partial charge < -0.3 is 13.7 Å². The predicted molar refractivity (Wildman–Crippen MR) is 86.5 cm³/mol. The summed E-state index contributed by atoms with van der Waals surface area (Å²) >= 11 is 0. The first-order chi connectivity index (χ1) is 12.6. The van der Waals surface area contributed by atoms with Gasteiger partial charge in [-0.3, -0.25) is 9.78 Å². The summed E-state index contributed by atoms with van der Waals surface area (Å²) in [5.74, 6) is -1.12. The molecule has 0 spiro atoms. The first-order valence-corrected chi connectivity index (χ1v) is 9.50. The molecule has 11 heteroatoms. The van der Waals surface area contributed by atoms with Crippen LogP contribution < -0.4 is 4.74 Å². The Hall–Kier alpha value is -2.30. The number of alkyl halides is 3. The Morgan fingerprint density at radius 1 is 1.41 bits per heavy atom. The number of pyridine rings is 1. The van der Waals surface area contributed by atoms with Crippen molar-refractivity contribution in [2.45, 2.75) is 44.4 Å². The molecule has 0 radical (unpaired) electrons. The second-order valence-electron chi connectivity index (χ2n) is 5.71. The van der Waals surface area contributed by atoms with Gasteiger partial charge in [-0.05, 0) is 31.1 Å². The Balaban J connectivity index is 1.90. The zero-order valence-corrected chi connectivity index (χ0v) is 15.1. The van der Waals surface area contributed by atoms with Crippen LogP contribution in [-0.4, -0.2) is 31.2 Å². The fourth-order valence-corrected chi connectivity index (χ4v) is 2.80. The van der Waals surface area contributed by atoms with Gasteiger partial charge in [0.2, 0.25) is 6.29 Å². The number of nitrogens with zero attached hydrogens (tertiary/aromatic N) is 1. The third kappa shape index (κ3) is 5.84. The summed E-state index contributed by atoms with van der Waals surface area (Å²) < 4.78 is 73.8. The lowest BCUT2D eigenvalue weighted by molar-refractivity contribution is -0.169. The Labute approximate surface area is 154 Å². The summed E-state index contributed by atoms with van der Waals surface area (Å²) in [7, 11) is -5.70. The van der Waals surface area contributed by atoms with Crippen LogP contribution in [0.4, 0.5) is 13.2 Å². The zero-order chi connectivity index (χ0) is 20.1. The van der Waals surface area contributed by atoms with E-state index in [9.17, 15) is 26.4 Å². The minimum atomic E-state index is -5.70. The van der Waals surface area contributed by atoms with Gasteiger partial charge >= 0.3 is 21.6 Å². The zero-order valence-electron chi connectivity index (χ0n) is 14.3. The third-order valence-electron chi connectivity index (χ3n) is 3.69. The van der Waals surface area contributed by atoms with E-state index in [0.29, 0.717) is 12.2 Å². The number of carbonyl (C=O) groups is 1. The lowest BCUT2D eigenvalue weighted by atomic mass is 9.93. The maximum atomic E-state index is 12.3. The summed E-state index contributed by atoms with van der Waals surface area (Å²) in [4.78, 5) is 16.1. The first kappa shape index (κ1) is 21.0. The van der Waals surface area contributed by atoms with Crippen LogP contribution in [0.3, 0.4) is 0 Å². The van der Waals surface area contributed by atoms with E-state index in [4.69, 9.17) is 9.47 Å². The van der Waals surface area contributed by atoms with Crippen LogP contribution in [0.25, 0.3) is 0 Å². The van der Waals surface area contributed by atoms with Gasteiger partial charge in [0.15, 0.2) is 0 Å². The molecule has 1 aromatic heterocycles. The van der Waals surface area contributed by atoms with Gasteiger partial charge in [-0.1, -0.05) is 6.92 Å². The SMILES string of the molecule is CCC(OC(=O)C1CC=C(OS(=O)(=O)C(F)(F)F)CC1)Oc1cccnc1. The highest BCUT2D eigenvalue weighted by atomic mass is 32.2. The van der Waals surface area contributed by atoms with Crippen molar-refractivity contribution < 1.29 is 40.0 Å². The molecule has 0 aromatic carbocycles. The molecule has 2 rings (SSSR count). The smallest absolute Gasteiger partial charge is 0.453 e. The molecule has 1 aliphatic rings. The number of ether oxygens (including phenoxy) is 2. The topological polar surface area (TPSA) is 91.8 Å². The lowest BCUT2D eigenvalue weighted by Gasteiger charge is -2.24. The van der Waals surface area contributed by atoms with Crippen molar-refractivity contribution in [2.24, 2.45) is 5.92 Å². The number of esters is 1. The molecule has 0 saturated heterocycles. The van der Waals surface area contributed by atoms with Crippen molar-refractivity contribution in [3.05, 3.63) is 36.4 Å². The summed E-state index contributed by atoms with van der Waals surface area (Å²) in [5.41, 5.74) is -5.50. The molecule has 0 fully saturated rings. The number of halogens is 3. The Morgan fingerprint density at radius 2 is 2.15 bits per heavy atom. The molecule has 1 aliphatic carbocycles. The highest BCUT2D eigenvalue weighted by molar-refractivity contribution is 7.87. The number of hydrogen-bond acceptors (Lipinski definition) is 7. The monoisotopic (exact) mass is 409 g/mol. The number of carbonyl (C=O) groups excluding carboxylic acids is 1. The summed E-state index contributed by atoms with van der Waals surface area (Å²) in [6, 6.07) is 3.31. The third-order valence-corrected chi connectivity index (χ3v) is 4.69. The Morgan fingerprint density at radius 3 is 2.67 bits per heavy atom. The van der Waals surface area contributed by atoms with Crippen LogP contribution in [0.5, 0.6) is 5.75 Å². The fraction of sp³-hybridized carbons (Fsp3) is 0.500. The van der Waals surface area contributed by atoms with Gasteiger partial charge in [0.25, 0.3) is 0 Å². The second kappa shape index (κ2) is 8.59. The summed E-state index contributed by atoms with van der Waals surface area (Å²) in [6.45, 7) is 1.75. The highest BCUT2D eigenvalue weighted by Crippen LogP contribution is 2.32. The molecule has 2 atom stereocenters. The van der Waals surface area contributed by atoms with Gasteiger partial charge in [0.05, 0.1) is 12.1 Å². The minimum absolute atomic E-state index is 0.00483. The number of allylic oxidation sites excluding steroid dienone is 2. The predicted octanol–water partition coefficient (Wildman–Crippen LogP) is 3.29. The Kier molecular flexibility index (Phi) is 6.68. The van der Waals surface area contributed by atoms with Crippen LogP contribution in [0.1, 0.15) is 32.6 Å². The average molecular weight is 409 g/mol. The van der Waals surface area contributed by atoms with E-state index < -0.39 is 33.8 Å². The van der Waals surface area contributed by atoms with E-state index in [0.717, 1.165) is 6.08 Å². The Bertz CT molecular complexity index is 779. The number of hydrogen-bond donors (Lipinski definition) is 0. The molecule has 7 nitrogen and oxygen atoms in total. The van der Waals surface area contributed by atoms with Crippen molar-refractivity contribution in [1.82, 2.24) is 4.98 Å². The average Bonchev–Trinajstić information content (AvgIpc) is 2.61. The second-order valence-corrected chi connectivity index (χ2v) is 7.24. The van der Waals surface area contributed by atoms with Crippen molar-refractivity contribution >= 4 is 16.1 Å². The fourth-order valence-electron chi connectivity index (χ4n) is 2.27. The molecule has 27 heavy (non-hydrogen) atoms. The standard InChI is InChI=1S/C16H18F3NO6S/c1-2-14(24-13-4-3-9-20-10-13)25-15(21)11-5-7-12(8-6-11)26-27(22,23)16(17,18)19/h3-4,7,9-11,14H,2,5-6,8H2,1H3. The van der Waals surface area contributed by atoms with Crippen molar-refractivity contribution in [3.63, 3.8) is 0 Å². The number of rotatable bonds is 7. The summed E-state index contributed by atoms with van der Waals surface area (Å²) in [5, 5.41) is 0. The van der Waals surface area contributed by atoms with Crippen LogP contribution in [0.15, 0.2) is 36.4 Å². The normalized spacial score (nSPS) is 19.0. The molecule has 0 aliphatic heterocycles. The van der Waals surface area contributed by atoms with Gasteiger partial charge in [-0.2, -0.15) is 21.6 Å².